The van der Waals surface area contributed by atoms with Gasteiger partial charge in [-0.15, -0.1) is 0 Å². The van der Waals surface area contributed by atoms with E-state index < -0.39 is 163 Å². The van der Waals surface area contributed by atoms with Gasteiger partial charge < -0.3 is 90.8 Å². The minimum atomic E-state index is -1.54. The van der Waals surface area contributed by atoms with E-state index in [0.29, 0.717) is 96.8 Å². The van der Waals surface area contributed by atoms with Crippen LogP contribution in [0.4, 0.5) is 0 Å². The largest absolute Gasteiger partial charge is 0.394 e. The molecule has 0 unspecified atom stereocenters. The van der Waals surface area contributed by atoms with Gasteiger partial charge in [0.15, 0.2) is 40.7 Å². The summed E-state index contributed by atoms with van der Waals surface area (Å²) in [4.78, 5) is 243. The molecule has 0 aromatic heterocycles. The van der Waals surface area contributed by atoms with Gasteiger partial charge in [-0.25, -0.2) is 0 Å². The lowest BCUT2D eigenvalue weighted by Gasteiger charge is -2.30. The Bertz CT molecular complexity index is 3780. The lowest BCUT2D eigenvalue weighted by Crippen LogP contribution is -2.56. The number of aliphatic hydroxyl groups is 2. The third kappa shape index (κ3) is 44.7. The van der Waals surface area contributed by atoms with Crippen molar-refractivity contribution in [1.82, 2.24) is 57.7 Å². The molecule has 0 aliphatic carbocycles. The fraction of sp³-hybridized carbons (Fsp3) is 0.702. The summed E-state index contributed by atoms with van der Waals surface area (Å²) in [5.74, 6) is -12.4. The summed E-state index contributed by atoms with van der Waals surface area (Å²) in [5, 5.41) is 47.0. The summed E-state index contributed by atoms with van der Waals surface area (Å²) in [5.41, 5.74) is 31.3. The molecule has 700 valence electrons. The predicted octanol–water partition coefficient (Wildman–Crippen LogP) is 0.914. The van der Waals surface area contributed by atoms with E-state index in [1.807, 2.05) is 51.1 Å². The van der Waals surface area contributed by atoms with Crippen LogP contribution < -0.4 is 70.8 Å². The molecule has 41 heteroatoms. The second kappa shape index (κ2) is 63.0. The number of amides is 12. The van der Waals surface area contributed by atoms with Gasteiger partial charge in [0, 0.05) is 131 Å². The summed E-state index contributed by atoms with van der Waals surface area (Å²) in [6, 6.07) is 1.49. The van der Waals surface area contributed by atoms with Crippen molar-refractivity contribution in [2.45, 2.75) is 270 Å². The number of unbranched alkanes of at least 4 members (excludes halogenated alkanes) is 3. The number of carbonyl (C=O) groups excluding carboxylic acids is 18. The minimum Gasteiger partial charge on any atom is -0.394 e. The summed E-state index contributed by atoms with van der Waals surface area (Å²) < 4.78 is 0. The number of guanidine groups is 1. The summed E-state index contributed by atoms with van der Waals surface area (Å²) in [6.45, 7) is 10.5. The average Bonchev–Trinajstić information content (AvgIpc) is 1.74. The van der Waals surface area contributed by atoms with Gasteiger partial charge in [0.2, 0.25) is 70.9 Å². The monoisotopic (exact) mass is 1800 g/mol. The Morgan fingerprint density at radius 1 is 0.520 bits per heavy atom. The summed E-state index contributed by atoms with van der Waals surface area (Å²) in [7, 11) is 0. The van der Waals surface area contributed by atoms with Gasteiger partial charge in [-0.1, -0.05) is 96.3 Å². The van der Waals surface area contributed by atoms with Crippen LogP contribution in [0.15, 0.2) is 40.4 Å². The molecule has 2 heterocycles. The van der Waals surface area contributed by atoms with Gasteiger partial charge >= 0.3 is 0 Å². The molecule has 0 saturated carbocycles. The molecule has 0 bridgehead atoms. The Labute approximate surface area is 743 Å². The molecule has 0 radical (unpaired) electrons. The van der Waals surface area contributed by atoms with E-state index >= 15 is 0 Å². The van der Waals surface area contributed by atoms with Crippen molar-refractivity contribution in [3.8, 4) is 0 Å². The van der Waals surface area contributed by atoms with Crippen molar-refractivity contribution >= 4 is 137 Å². The molecule has 2 aliphatic rings. The number of nitrogens with one attached hydrogen (secondary N) is 9. The predicted molar refractivity (Wildman–Crippen MR) is 473 cm³/mol. The van der Waals surface area contributed by atoms with Gasteiger partial charge in [0.05, 0.1) is 44.3 Å². The molecule has 125 heavy (non-hydrogen) atoms. The maximum atomic E-state index is 14.1. The molecule has 2 fully saturated rings. The zero-order chi connectivity index (χ0) is 93.5. The fourth-order valence-electron chi connectivity index (χ4n) is 14.0. The van der Waals surface area contributed by atoms with Gasteiger partial charge in [0.25, 0.3) is 0 Å². The molecule has 2 aliphatic heterocycles. The van der Waals surface area contributed by atoms with Gasteiger partial charge in [-0.05, 0) is 120 Å². The molecule has 1 aromatic rings. The Morgan fingerprint density at radius 3 is 1.66 bits per heavy atom. The van der Waals surface area contributed by atoms with Crippen molar-refractivity contribution in [3.05, 3.63) is 46.3 Å². The first-order valence-corrected chi connectivity index (χ1v) is 44.7. The zero-order valence-corrected chi connectivity index (χ0v) is 75.1. The number of benzene rings is 1. The van der Waals surface area contributed by atoms with E-state index in [0.717, 1.165) is 18.4 Å². The molecule has 12 amide bonds. The quantitative estimate of drug-likeness (QED) is 0.00820. The number of aliphatic hydroxyl groups excluding tert-OH is 2. The number of nitrogens with zero attached hydrogens (tertiary/aromatic N) is 6. The lowest BCUT2D eigenvalue weighted by atomic mass is 9.92. The van der Waals surface area contributed by atoms with E-state index in [4.69, 9.17) is 28.5 Å². The first kappa shape index (κ1) is 111. The van der Waals surface area contributed by atoms with Crippen LogP contribution >= 0.6 is 25.3 Å². The number of rotatable bonds is 64. The smallest absolute Gasteiger partial charge is 0.245 e. The van der Waals surface area contributed by atoms with Crippen molar-refractivity contribution in [3.63, 3.8) is 0 Å². The van der Waals surface area contributed by atoms with E-state index in [9.17, 15) is 96.5 Å². The normalized spacial score (nSPS) is 15.8. The van der Waals surface area contributed by atoms with Crippen molar-refractivity contribution in [1.29, 1.82) is 0 Å². The van der Waals surface area contributed by atoms with Crippen molar-refractivity contribution in [2.24, 2.45) is 62.6 Å². The Balaban J connectivity index is 0.000000859. The van der Waals surface area contributed by atoms with Gasteiger partial charge in [-0.2, -0.15) is 25.3 Å². The number of Topliss-reactive ketones (excluding diaryl/α,β-unsaturated/α-hetero) is 6. The molecule has 0 spiro atoms. The van der Waals surface area contributed by atoms with Crippen LogP contribution in [-0.4, -0.2) is 257 Å². The maximum Gasteiger partial charge on any atom is 0.245 e. The Hall–Kier alpha value is -9.96. The number of nitrogens with two attached hydrogens (primary N) is 4. The fourth-order valence-corrected chi connectivity index (χ4v) is 14.6. The van der Waals surface area contributed by atoms with Crippen LogP contribution in [0.5, 0.6) is 0 Å². The third-order valence-electron chi connectivity index (χ3n) is 21.3. The standard InChI is InChI=1S/C42H69N13O12S.C42H68N6O8S/c1-3-33(59)31(24-68)53-40(66)32-10-7-19-55(32)41(67)29(9-6-17-47-42(44)45)52-39(65)26(11-14-35(43)61)20-34(60)30(23-56)51-37(63)16-13-27(57)21-48-36(62)15-12-28(58)22-49-38(64)25(2)8-4-5-18-50-54-46;1-5-6-15-33(41(55)44-22-20-30-13-8-7-9-14-30)46-42(56)35-17-12-23-48(35)38(52)19-18-36(50)32(16-10-11-21-43)45-40(54)31(27-57)25-37(51)34(26-49)47-39(53)29(4)24-28(2)3/h25-26,29-32,56,68H,3-24H2,1-2H3,(H2,43,61)(H,48,62)(H,49,64)(H,51,63)(H,52,65)(H,53,66)(H4,44,45,47);7-9,13-14,28-29,31-35,49,57H,5-6,10-12,15-27,43H2,1-4H3,(H,44,55)(H,45,54)(H,46,56)(H,47,53)/t25-,26+,29-,30-,31-,32-;29-,31-,32-,33+,34-,35-/m00/s1. The number of primary amides is 1. The molecular formula is C84H137N19O20S2. The summed E-state index contributed by atoms with van der Waals surface area (Å²) >= 11 is 8.44. The van der Waals surface area contributed by atoms with Crippen LogP contribution in [0.3, 0.4) is 0 Å². The molecule has 39 nitrogen and oxygen atoms in total. The zero-order valence-electron chi connectivity index (χ0n) is 73.3. The van der Waals surface area contributed by atoms with E-state index in [1.165, 1.54) is 9.80 Å². The number of likely N-dealkylation sites (tertiary alicyclic amines) is 2. The van der Waals surface area contributed by atoms with E-state index in [2.05, 4.69) is 88.1 Å². The highest BCUT2D eigenvalue weighted by molar-refractivity contribution is 7.80. The van der Waals surface area contributed by atoms with Crippen LogP contribution in [0, 0.1) is 29.6 Å². The number of carbonyl (C=O) groups is 18. The molecule has 1 aromatic carbocycles. The number of azide groups is 1. The first-order chi connectivity index (χ1) is 59.5. The molecule has 2 saturated heterocycles. The molecule has 12 atom stereocenters. The minimum absolute atomic E-state index is 0.0147. The Morgan fingerprint density at radius 2 is 1.08 bits per heavy atom. The van der Waals surface area contributed by atoms with E-state index in [-0.39, 0.29) is 174 Å². The highest BCUT2D eigenvalue weighted by atomic mass is 32.1. The van der Waals surface area contributed by atoms with Gasteiger partial charge in [0.1, 0.15) is 36.3 Å². The van der Waals surface area contributed by atoms with Crippen LogP contribution in [0.2, 0.25) is 0 Å². The van der Waals surface area contributed by atoms with Crippen LogP contribution in [0.25, 0.3) is 10.4 Å². The number of hydrogen-bond acceptors (Lipinski definition) is 25. The maximum absolute atomic E-state index is 14.1. The second-order valence-electron chi connectivity index (χ2n) is 32.0. The molecule has 19 N–H and O–H groups in total. The number of hydrogen-bond donors (Lipinski definition) is 17. The average molecular weight is 1800 g/mol. The highest BCUT2D eigenvalue weighted by Crippen LogP contribution is 2.25. The molecular weight excluding hydrogens is 1660 g/mol. The van der Waals surface area contributed by atoms with Crippen molar-refractivity contribution < 1.29 is 96.5 Å². The SMILES string of the molecule is CCC(=O)[C@H](CS)NC(=O)[C@@H]1CCCN1C(=O)[C@H](CCCN=C(N)N)NC(=O)[C@H](CCC(N)=O)CC(=O)[C@H](CO)NC(=O)CCC(=O)CNC(=O)CCC(=O)CNC(=O)[C@@H](C)CCCCN=[N+]=[N-].CCCC[C@@H](NC(=O)[C@@H]1CCCN1C(=O)CCC(=O)[C@H](CCCCN)NC(=O)[C@H](CS)CC(=O)[C@H](CO)NC(=O)[C@@H](C)CC(C)C)C(=O)NCCc1ccccc1. The Kier molecular flexibility index (Phi) is 56.0. The number of ketones is 6. The second-order valence-corrected chi connectivity index (χ2v) is 32.7. The number of thiol groups is 2. The van der Waals surface area contributed by atoms with Crippen molar-refractivity contribution in [2.75, 3.05) is 77.1 Å². The summed E-state index contributed by atoms with van der Waals surface area (Å²) in [6.07, 6.45) is 5.44. The molecule has 3 rings (SSSR count). The number of aliphatic imine (C=N–C) groups is 1. The van der Waals surface area contributed by atoms with Crippen LogP contribution in [-0.2, 0) is 92.7 Å². The third-order valence-corrected chi connectivity index (χ3v) is 22.1. The lowest BCUT2D eigenvalue weighted by molar-refractivity contribution is -0.143. The van der Waals surface area contributed by atoms with E-state index in [1.54, 1.807) is 20.8 Å². The topological polar surface area (TPSA) is 628 Å². The first-order valence-electron chi connectivity index (χ1n) is 43.4. The van der Waals surface area contributed by atoms with Gasteiger partial charge in [-0.3, -0.25) is 91.3 Å². The highest BCUT2D eigenvalue weighted by Gasteiger charge is 2.41. The van der Waals surface area contributed by atoms with Crippen LogP contribution in [0.1, 0.15) is 220 Å².